The van der Waals surface area contributed by atoms with E-state index >= 15 is 0 Å². The zero-order valence-corrected chi connectivity index (χ0v) is 15.5. The lowest BCUT2D eigenvalue weighted by Crippen LogP contribution is -2.44. The fraction of sp³-hybridized carbons (Fsp3) is 0.714. The molecule has 138 valence electrons. The van der Waals surface area contributed by atoms with Gasteiger partial charge in [0.1, 0.15) is 0 Å². The van der Waals surface area contributed by atoms with Crippen LogP contribution in [0.5, 0.6) is 0 Å². The van der Waals surface area contributed by atoms with Gasteiger partial charge >= 0.3 is 0 Å². The first-order valence-electron chi connectivity index (χ1n) is 10.2. The Morgan fingerprint density at radius 1 is 0.960 bits per heavy atom. The summed E-state index contributed by atoms with van der Waals surface area (Å²) in [5, 5.41) is 3.52. The van der Waals surface area contributed by atoms with Crippen LogP contribution in [0, 0.1) is 5.92 Å². The van der Waals surface area contributed by atoms with E-state index in [0.29, 0.717) is 6.04 Å². The molecule has 0 bridgehead atoms. The van der Waals surface area contributed by atoms with E-state index in [1.165, 1.54) is 63.0 Å². The van der Waals surface area contributed by atoms with Gasteiger partial charge in [-0.15, -0.1) is 0 Å². The van der Waals surface area contributed by atoms with E-state index in [1.807, 2.05) is 0 Å². The van der Waals surface area contributed by atoms with Crippen molar-refractivity contribution in [2.45, 2.75) is 38.3 Å². The molecule has 1 atom stereocenters. The van der Waals surface area contributed by atoms with Crippen molar-refractivity contribution in [3.63, 3.8) is 0 Å². The molecule has 1 aromatic rings. The zero-order valence-electron chi connectivity index (χ0n) is 15.5. The van der Waals surface area contributed by atoms with Gasteiger partial charge in [0.2, 0.25) is 0 Å². The third-order valence-corrected chi connectivity index (χ3v) is 6.20. The quantitative estimate of drug-likeness (QED) is 0.890. The lowest BCUT2D eigenvalue weighted by atomic mass is 9.84. The van der Waals surface area contributed by atoms with E-state index in [1.54, 1.807) is 0 Å². The van der Waals surface area contributed by atoms with Crippen LogP contribution >= 0.6 is 0 Å². The monoisotopic (exact) mass is 343 g/mol. The van der Waals surface area contributed by atoms with E-state index in [4.69, 9.17) is 4.74 Å². The summed E-state index contributed by atoms with van der Waals surface area (Å²) in [7, 11) is 0. The molecule has 0 aliphatic carbocycles. The summed E-state index contributed by atoms with van der Waals surface area (Å²) in [6, 6.07) is 10.1. The molecule has 3 heterocycles. The van der Waals surface area contributed by atoms with E-state index in [-0.39, 0.29) is 0 Å². The van der Waals surface area contributed by atoms with Gasteiger partial charge in [-0.25, -0.2) is 0 Å². The molecule has 3 aliphatic heterocycles. The summed E-state index contributed by atoms with van der Waals surface area (Å²) in [6.45, 7) is 9.91. The van der Waals surface area contributed by atoms with Gasteiger partial charge in [-0.3, -0.25) is 9.80 Å². The molecule has 25 heavy (non-hydrogen) atoms. The number of hydrogen-bond acceptors (Lipinski definition) is 4. The Morgan fingerprint density at radius 3 is 2.32 bits per heavy atom. The number of nitrogens with zero attached hydrogens (tertiary/aromatic N) is 2. The Hall–Kier alpha value is -0.940. The first kappa shape index (κ1) is 17.5. The van der Waals surface area contributed by atoms with Crippen molar-refractivity contribution in [1.82, 2.24) is 15.1 Å². The standard InChI is InChI=1S/C21H33N3O/c1-2-12-23(11-1)17-18-3-5-19(6-4-18)21(20-7-9-22-10-8-20)24-13-15-25-16-14-24/h3-6,20-22H,1-2,7-17H2. The van der Waals surface area contributed by atoms with Crippen molar-refractivity contribution in [3.05, 3.63) is 35.4 Å². The third-order valence-electron chi connectivity index (χ3n) is 6.20. The Balaban J connectivity index is 1.49. The van der Waals surface area contributed by atoms with Gasteiger partial charge in [-0.05, 0) is 68.9 Å². The number of ether oxygens (including phenoxy) is 1. The molecule has 4 heteroatoms. The van der Waals surface area contributed by atoms with Gasteiger partial charge in [0.15, 0.2) is 0 Å². The number of rotatable bonds is 5. The molecule has 3 fully saturated rings. The van der Waals surface area contributed by atoms with Crippen LogP contribution in [-0.4, -0.2) is 62.3 Å². The average Bonchev–Trinajstić information content (AvgIpc) is 3.18. The first-order chi connectivity index (χ1) is 12.4. The molecule has 1 aromatic carbocycles. The molecule has 0 aromatic heterocycles. The smallest absolute Gasteiger partial charge is 0.0594 e. The molecule has 0 saturated carbocycles. The second-order valence-electron chi connectivity index (χ2n) is 7.91. The van der Waals surface area contributed by atoms with Crippen LogP contribution in [-0.2, 0) is 11.3 Å². The molecule has 4 nitrogen and oxygen atoms in total. The van der Waals surface area contributed by atoms with Crippen molar-refractivity contribution in [3.8, 4) is 0 Å². The lowest BCUT2D eigenvalue weighted by Gasteiger charge is -2.41. The van der Waals surface area contributed by atoms with Crippen LogP contribution in [0.25, 0.3) is 0 Å². The minimum atomic E-state index is 0.562. The number of morpholine rings is 1. The first-order valence-corrected chi connectivity index (χ1v) is 10.2. The minimum absolute atomic E-state index is 0.562. The van der Waals surface area contributed by atoms with E-state index < -0.39 is 0 Å². The van der Waals surface area contributed by atoms with Crippen molar-refractivity contribution in [2.24, 2.45) is 5.92 Å². The molecule has 0 radical (unpaired) electrons. The average molecular weight is 344 g/mol. The maximum Gasteiger partial charge on any atom is 0.0594 e. The second-order valence-corrected chi connectivity index (χ2v) is 7.91. The molecule has 0 spiro atoms. The topological polar surface area (TPSA) is 27.7 Å². The van der Waals surface area contributed by atoms with Crippen molar-refractivity contribution in [2.75, 3.05) is 52.5 Å². The summed E-state index contributed by atoms with van der Waals surface area (Å²) < 4.78 is 5.61. The summed E-state index contributed by atoms with van der Waals surface area (Å²) in [5.41, 5.74) is 2.98. The largest absolute Gasteiger partial charge is 0.379 e. The molecule has 1 N–H and O–H groups in total. The molecule has 0 amide bonds. The molecule has 1 unspecified atom stereocenters. The molecule has 3 aliphatic rings. The second kappa shape index (κ2) is 8.63. The normalized spacial score (nSPS) is 25.3. The summed E-state index contributed by atoms with van der Waals surface area (Å²) in [6.07, 6.45) is 5.31. The minimum Gasteiger partial charge on any atom is -0.379 e. The van der Waals surface area contributed by atoms with E-state index in [9.17, 15) is 0 Å². The Kier molecular flexibility index (Phi) is 6.03. The number of nitrogens with one attached hydrogen (secondary N) is 1. The van der Waals surface area contributed by atoms with Crippen LogP contribution in [0.1, 0.15) is 42.9 Å². The predicted molar refractivity (Wildman–Crippen MR) is 102 cm³/mol. The zero-order chi connectivity index (χ0) is 16.9. The molecular formula is C21H33N3O. The van der Waals surface area contributed by atoms with Crippen molar-refractivity contribution >= 4 is 0 Å². The van der Waals surface area contributed by atoms with Gasteiger partial charge < -0.3 is 10.1 Å². The number of likely N-dealkylation sites (tertiary alicyclic amines) is 1. The van der Waals surface area contributed by atoms with Crippen LogP contribution < -0.4 is 5.32 Å². The van der Waals surface area contributed by atoms with Gasteiger partial charge in [0.25, 0.3) is 0 Å². The highest BCUT2D eigenvalue weighted by molar-refractivity contribution is 5.26. The van der Waals surface area contributed by atoms with E-state index in [2.05, 4.69) is 39.4 Å². The van der Waals surface area contributed by atoms with Crippen molar-refractivity contribution in [1.29, 1.82) is 0 Å². The lowest BCUT2D eigenvalue weighted by molar-refractivity contribution is -0.00219. The molecule has 4 rings (SSSR count). The highest BCUT2D eigenvalue weighted by atomic mass is 16.5. The highest BCUT2D eigenvalue weighted by Gasteiger charge is 2.31. The Bertz CT molecular complexity index is 496. The van der Waals surface area contributed by atoms with E-state index in [0.717, 1.165) is 38.8 Å². The van der Waals surface area contributed by atoms with Crippen LogP contribution in [0.15, 0.2) is 24.3 Å². The summed E-state index contributed by atoms with van der Waals surface area (Å²) in [5.74, 6) is 0.767. The molecule has 3 saturated heterocycles. The Labute approximate surface area is 152 Å². The Morgan fingerprint density at radius 2 is 1.64 bits per heavy atom. The fourth-order valence-corrected chi connectivity index (χ4v) is 4.82. The van der Waals surface area contributed by atoms with Crippen LogP contribution in [0.3, 0.4) is 0 Å². The number of benzene rings is 1. The summed E-state index contributed by atoms with van der Waals surface area (Å²) in [4.78, 5) is 5.26. The fourth-order valence-electron chi connectivity index (χ4n) is 4.82. The van der Waals surface area contributed by atoms with Gasteiger partial charge in [0, 0.05) is 25.7 Å². The predicted octanol–water partition coefficient (Wildman–Crippen LogP) is 2.66. The summed E-state index contributed by atoms with van der Waals surface area (Å²) >= 11 is 0. The van der Waals surface area contributed by atoms with Crippen LogP contribution in [0.2, 0.25) is 0 Å². The maximum absolute atomic E-state index is 5.61. The van der Waals surface area contributed by atoms with Gasteiger partial charge in [-0.2, -0.15) is 0 Å². The highest BCUT2D eigenvalue weighted by Crippen LogP contribution is 2.35. The third kappa shape index (κ3) is 4.43. The van der Waals surface area contributed by atoms with Crippen molar-refractivity contribution < 1.29 is 4.74 Å². The van der Waals surface area contributed by atoms with Gasteiger partial charge in [-0.1, -0.05) is 24.3 Å². The molecular weight excluding hydrogens is 310 g/mol. The number of piperidine rings is 1. The SMILES string of the molecule is c1cc(C(C2CCNCC2)N2CCOCC2)ccc1CN1CCCC1. The van der Waals surface area contributed by atoms with Crippen LogP contribution in [0.4, 0.5) is 0 Å². The van der Waals surface area contributed by atoms with Gasteiger partial charge in [0.05, 0.1) is 13.2 Å². The number of hydrogen-bond donors (Lipinski definition) is 1. The maximum atomic E-state index is 5.61.